The minimum atomic E-state index is 0.805. The third-order valence-corrected chi connectivity index (χ3v) is 8.88. The Balaban J connectivity index is 1.18. The second kappa shape index (κ2) is 10.8. The van der Waals surface area contributed by atoms with E-state index in [4.69, 9.17) is 4.42 Å². The van der Waals surface area contributed by atoms with Crippen LogP contribution in [0.4, 0.5) is 17.1 Å². The Morgan fingerprint density at radius 1 is 0.413 bits per heavy atom. The van der Waals surface area contributed by atoms with Gasteiger partial charge in [0.15, 0.2) is 5.58 Å². The number of anilines is 3. The lowest BCUT2D eigenvalue weighted by Gasteiger charge is -2.26. The van der Waals surface area contributed by atoms with Crippen LogP contribution in [0.15, 0.2) is 174 Å². The molecule has 0 saturated carbocycles. The number of hydrogen-bond donors (Lipinski definition) is 0. The van der Waals surface area contributed by atoms with E-state index in [0.717, 1.165) is 49.9 Å². The topological polar surface area (TPSA) is 29.3 Å². The van der Waals surface area contributed by atoms with E-state index in [1.807, 2.05) is 18.3 Å². The normalized spacial score (nSPS) is 11.5. The van der Waals surface area contributed by atoms with Gasteiger partial charge in [-0.05, 0) is 104 Å². The van der Waals surface area contributed by atoms with Gasteiger partial charge in [0.05, 0.1) is 0 Å². The predicted octanol–water partition coefficient (Wildman–Crippen LogP) is 12.1. The van der Waals surface area contributed by atoms with Crippen LogP contribution in [0.2, 0.25) is 0 Å². The summed E-state index contributed by atoms with van der Waals surface area (Å²) in [5, 5.41) is 5.79. The van der Waals surface area contributed by atoms with Crippen LogP contribution < -0.4 is 4.90 Å². The Hall–Kier alpha value is -6.19. The zero-order valence-electron chi connectivity index (χ0n) is 25.0. The van der Waals surface area contributed by atoms with Crippen molar-refractivity contribution in [1.82, 2.24) is 4.98 Å². The second-order valence-corrected chi connectivity index (χ2v) is 11.7. The van der Waals surface area contributed by atoms with Crippen LogP contribution in [0.25, 0.3) is 65.9 Å². The lowest BCUT2D eigenvalue weighted by Crippen LogP contribution is -2.09. The van der Waals surface area contributed by atoms with Gasteiger partial charge in [-0.1, -0.05) is 103 Å². The van der Waals surface area contributed by atoms with Crippen LogP contribution in [0.1, 0.15) is 0 Å². The van der Waals surface area contributed by atoms with Crippen LogP contribution >= 0.6 is 0 Å². The van der Waals surface area contributed by atoms with Gasteiger partial charge in [0.2, 0.25) is 0 Å². The molecule has 0 amide bonds. The third kappa shape index (κ3) is 4.49. The standard InChI is InChI=1S/C43H28N2O/c1-2-8-29(9-3-1)30-15-20-35(21-16-30)45(36-22-17-32(18-23-36)39-13-6-11-31-10-4-5-12-38(31)39)37-24-19-33-28-42-40(27-34(33)26-37)43-41(46-42)14-7-25-44-43/h1-28H. The summed E-state index contributed by atoms with van der Waals surface area (Å²) in [7, 11) is 0. The van der Waals surface area contributed by atoms with Crippen molar-refractivity contribution in [2.45, 2.75) is 0 Å². The van der Waals surface area contributed by atoms with Crippen LogP contribution in [0.3, 0.4) is 0 Å². The number of nitrogens with zero attached hydrogens (tertiary/aromatic N) is 2. The number of furan rings is 1. The predicted molar refractivity (Wildman–Crippen MR) is 192 cm³/mol. The number of fused-ring (bicyclic) bond motifs is 5. The van der Waals surface area contributed by atoms with Gasteiger partial charge in [-0.3, -0.25) is 4.98 Å². The molecule has 0 atom stereocenters. The van der Waals surface area contributed by atoms with E-state index in [9.17, 15) is 0 Å². The maximum Gasteiger partial charge on any atom is 0.153 e. The van der Waals surface area contributed by atoms with Gasteiger partial charge >= 0.3 is 0 Å². The Labute approximate surface area is 266 Å². The van der Waals surface area contributed by atoms with Crippen LogP contribution in [0, 0.1) is 0 Å². The van der Waals surface area contributed by atoms with Gasteiger partial charge in [0, 0.05) is 28.6 Å². The SMILES string of the molecule is c1ccc(-c2ccc(N(c3ccc(-c4cccc5ccccc45)cc3)c3ccc4cc5oc6cccnc6c5cc4c3)cc2)cc1. The summed E-state index contributed by atoms with van der Waals surface area (Å²) in [6.07, 6.45) is 1.82. The molecular weight excluding hydrogens is 560 g/mol. The Morgan fingerprint density at radius 2 is 1.11 bits per heavy atom. The summed E-state index contributed by atoms with van der Waals surface area (Å²) in [6.45, 7) is 0. The molecule has 0 fully saturated rings. The fourth-order valence-corrected chi connectivity index (χ4v) is 6.61. The molecule has 3 nitrogen and oxygen atoms in total. The van der Waals surface area contributed by atoms with Crippen molar-refractivity contribution >= 4 is 60.7 Å². The molecule has 0 saturated heterocycles. The van der Waals surface area contributed by atoms with Crippen LogP contribution in [-0.2, 0) is 0 Å². The largest absolute Gasteiger partial charge is 0.454 e. The molecule has 0 aliphatic rings. The molecule has 216 valence electrons. The molecule has 9 aromatic rings. The molecule has 0 bridgehead atoms. The number of hydrogen-bond acceptors (Lipinski definition) is 3. The molecule has 46 heavy (non-hydrogen) atoms. The third-order valence-electron chi connectivity index (χ3n) is 8.88. The quantitative estimate of drug-likeness (QED) is 0.200. The Kier molecular flexibility index (Phi) is 6.14. The molecule has 2 aromatic heterocycles. The summed E-state index contributed by atoms with van der Waals surface area (Å²) < 4.78 is 6.13. The van der Waals surface area contributed by atoms with Crippen LogP contribution in [-0.4, -0.2) is 4.98 Å². The molecule has 9 rings (SSSR count). The lowest BCUT2D eigenvalue weighted by atomic mass is 9.98. The molecule has 7 aromatic carbocycles. The monoisotopic (exact) mass is 588 g/mol. The van der Waals surface area contributed by atoms with Crippen molar-refractivity contribution in [2.24, 2.45) is 0 Å². The van der Waals surface area contributed by atoms with Gasteiger partial charge in [-0.15, -0.1) is 0 Å². The molecular formula is C43H28N2O. The average Bonchev–Trinajstić information content (AvgIpc) is 3.49. The van der Waals surface area contributed by atoms with Crippen LogP contribution in [0.5, 0.6) is 0 Å². The molecule has 0 spiro atoms. The van der Waals surface area contributed by atoms with Crippen molar-refractivity contribution in [2.75, 3.05) is 4.90 Å². The molecule has 0 unspecified atom stereocenters. The van der Waals surface area contributed by atoms with Gasteiger partial charge in [0.1, 0.15) is 11.1 Å². The van der Waals surface area contributed by atoms with E-state index in [-0.39, 0.29) is 0 Å². The molecule has 2 heterocycles. The number of benzene rings is 7. The molecule has 0 radical (unpaired) electrons. The zero-order valence-corrected chi connectivity index (χ0v) is 25.0. The van der Waals surface area contributed by atoms with E-state index in [1.54, 1.807) is 0 Å². The summed E-state index contributed by atoms with van der Waals surface area (Å²) in [6, 6.07) is 58.2. The highest BCUT2D eigenvalue weighted by molar-refractivity contribution is 6.09. The summed E-state index contributed by atoms with van der Waals surface area (Å²) in [4.78, 5) is 6.94. The highest BCUT2D eigenvalue weighted by Crippen LogP contribution is 2.40. The van der Waals surface area contributed by atoms with Gasteiger partial charge in [-0.25, -0.2) is 0 Å². The van der Waals surface area contributed by atoms with Crippen molar-refractivity contribution in [1.29, 1.82) is 0 Å². The fraction of sp³-hybridized carbons (Fsp3) is 0. The highest BCUT2D eigenvalue weighted by atomic mass is 16.3. The number of rotatable bonds is 5. The Bertz CT molecular complexity index is 2510. The Morgan fingerprint density at radius 3 is 1.93 bits per heavy atom. The fourth-order valence-electron chi connectivity index (χ4n) is 6.61. The lowest BCUT2D eigenvalue weighted by molar-refractivity contribution is 0.668. The van der Waals surface area contributed by atoms with Crippen molar-refractivity contribution in [3.63, 3.8) is 0 Å². The average molecular weight is 589 g/mol. The zero-order chi connectivity index (χ0) is 30.5. The van der Waals surface area contributed by atoms with Gasteiger partial charge < -0.3 is 9.32 Å². The summed E-state index contributed by atoms with van der Waals surface area (Å²) >= 11 is 0. The van der Waals surface area contributed by atoms with Gasteiger partial charge in [0.25, 0.3) is 0 Å². The minimum absolute atomic E-state index is 0.805. The summed E-state index contributed by atoms with van der Waals surface area (Å²) in [5.74, 6) is 0. The van der Waals surface area contributed by atoms with Crippen molar-refractivity contribution in [3.8, 4) is 22.3 Å². The highest BCUT2D eigenvalue weighted by Gasteiger charge is 2.16. The van der Waals surface area contributed by atoms with Gasteiger partial charge in [-0.2, -0.15) is 0 Å². The van der Waals surface area contributed by atoms with E-state index in [0.29, 0.717) is 0 Å². The first-order valence-electron chi connectivity index (χ1n) is 15.5. The van der Waals surface area contributed by atoms with Crippen molar-refractivity contribution < 1.29 is 4.42 Å². The van der Waals surface area contributed by atoms with E-state index >= 15 is 0 Å². The maximum absolute atomic E-state index is 6.13. The minimum Gasteiger partial charge on any atom is -0.454 e. The van der Waals surface area contributed by atoms with E-state index < -0.39 is 0 Å². The van der Waals surface area contributed by atoms with E-state index in [1.165, 1.54) is 33.0 Å². The second-order valence-electron chi connectivity index (χ2n) is 11.7. The first kappa shape index (κ1) is 26.2. The smallest absolute Gasteiger partial charge is 0.153 e. The molecule has 0 aliphatic carbocycles. The first-order valence-corrected chi connectivity index (χ1v) is 15.5. The van der Waals surface area contributed by atoms with Crippen molar-refractivity contribution in [3.05, 3.63) is 170 Å². The molecule has 0 N–H and O–H groups in total. The number of aromatic nitrogens is 1. The van der Waals surface area contributed by atoms with E-state index in [2.05, 4.69) is 162 Å². The number of pyridine rings is 1. The summed E-state index contributed by atoms with van der Waals surface area (Å²) in [5.41, 5.74) is 10.6. The molecule has 0 aliphatic heterocycles. The first-order chi connectivity index (χ1) is 22.8. The maximum atomic E-state index is 6.13. The molecule has 3 heteroatoms.